The number of nitrogens with one attached hydrogen (secondary N) is 1. The quantitative estimate of drug-likeness (QED) is 0.447. The van der Waals surface area contributed by atoms with Crippen molar-refractivity contribution >= 4 is 22.6 Å². The molecule has 3 aromatic heterocycles. The smallest absolute Gasteiger partial charge is 0.216 e. The predicted molar refractivity (Wildman–Crippen MR) is 107 cm³/mol. The van der Waals surface area contributed by atoms with E-state index in [1.165, 1.54) is 12.1 Å². The highest BCUT2D eigenvalue weighted by atomic mass is 35.5. The van der Waals surface area contributed by atoms with Crippen LogP contribution in [0.5, 0.6) is 0 Å². The summed E-state index contributed by atoms with van der Waals surface area (Å²) in [7, 11) is 0. The Hall–Kier alpha value is -2.79. The van der Waals surface area contributed by atoms with Gasteiger partial charge in [-0.25, -0.2) is 14.4 Å². The van der Waals surface area contributed by atoms with Gasteiger partial charge in [0, 0.05) is 40.5 Å². The Labute approximate surface area is 166 Å². The van der Waals surface area contributed by atoms with Crippen molar-refractivity contribution in [3.8, 4) is 0 Å². The largest absolute Gasteiger partial charge is 0.346 e. The fourth-order valence-corrected chi connectivity index (χ4v) is 3.56. The van der Waals surface area contributed by atoms with Gasteiger partial charge in [0.15, 0.2) is 0 Å². The molecule has 28 heavy (non-hydrogen) atoms. The number of benzene rings is 1. The maximum atomic E-state index is 14.6. The van der Waals surface area contributed by atoms with Gasteiger partial charge in [0.1, 0.15) is 11.5 Å². The Morgan fingerprint density at radius 1 is 1.04 bits per heavy atom. The summed E-state index contributed by atoms with van der Waals surface area (Å²) in [6.45, 7) is 1.98. The van der Waals surface area contributed by atoms with Gasteiger partial charge in [-0.3, -0.25) is 0 Å². The monoisotopic (exact) mass is 397 g/mol. The Balaban J connectivity index is 1.50. The number of aromatic amines is 1. The lowest BCUT2D eigenvalue weighted by Gasteiger charge is -2.06. The van der Waals surface area contributed by atoms with E-state index in [-0.39, 0.29) is 5.82 Å². The highest BCUT2D eigenvalue weighted by Gasteiger charge is 2.11. The topological polar surface area (TPSA) is 41.6 Å². The van der Waals surface area contributed by atoms with Crippen molar-refractivity contribution in [1.82, 2.24) is 15.0 Å². The second-order valence-corrected chi connectivity index (χ2v) is 7.37. The summed E-state index contributed by atoms with van der Waals surface area (Å²) in [6, 6.07) is 10.0. The number of aryl methyl sites for hydroxylation is 3. The van der Waals surface area contributed by atoms with Gasteiger partial charge in [-0.05, 0) is 66.8 Å². The number of aromatic nitrogens is 3. The van der Waals surface area contributed by atoms with Gasteiger partial charge in [0.05, 0.1) is 0 Å². The van der Waals surface area contributed by atoms with Crippen LogP contribution < -0.4 is 0 Å². The molecule has 3 heterocycles. The van der Waals surface area contributed by atoms with E-state index in [4.69, 9.17) is 11.6 Å². The van der Waals surface area contributed by atoms with Gasteiger partial charge in [0.2, 0.25) is 5.95 Å². The van der Waals surface area contributed by atoms with Gasteiger partial charge in [-0.15, -0.1) is 0 Å². The average Bonchev–Trinajstić information content (AvgIpc) is 3.03. The molecule has 0 unspecified atom stereocenters. The molecule has 6 heteroatoms. The Morgan fingerprint density at radius 2 is 1.89 bits per heavy atom. The molecular formula is C22H18ClF2N3. The van der Waals surface area contributed by atoms with E-state index in [1.807, 2.05) is 25.3 Å². The van der Waals surface area contributed by atoms with Crippen molar-refractivity contribution in [2.45, 2.75) is 26.2 Å². The third-order valence-electron chi connectivity index (χ3n) is 4.71. The van der Waals surface area contributed by atoms with Crippen molar-refractivity contribution in [3.05, 3.63) is 93.5 Å². The van der Waals surface area contributed by atoms with Crippen molar-refractivity contribution in [2.24, 2.45) is 0 Å². The lowest BCUT2D eigenvalue weighted by Crippen LogP contribution is -2.01. The number of hydrogen-bond acceptors (Lipinski definition) is 2. The first kappa shape index (κ1) is 18.6. The molecule has 4 rings (SSSR count). The number of fused-ring (bicyclic) bond motifs is 1. The highest BCUT2D eigenvalue weighted by molar-refractivity contribution is 6.30. The van der Waals surface area contributed by atoms with Crippen LogP contribution >= 0.6 is 11.6 Å². The minimum Gasteiger partial charge on any atom is -0.346 e. The first-order chi connectivity index (χ1) is 13.5. The number of nitrogens with zero attached hydrogens (tertiary/aromatic N) is 2. The molecule has 142 valence electrons. The van der Waals surface area contributed by atoms with Crippen LogP contribution in [0.1, 0.15) is 27.9 Å². The molecule has 0 amide bonds. The lowest BCUT2D eigenvalue weighted by atomic mass is 10.0. The van der Waals surface area contributed by atoms with E-state index in [1.54, 1.807) is 18.3 Å². The molecule has 0 saturated heterocycles. The molecule has 4 aromatic rings. The normalized spacial score (nSPS) is 11.3. The molecule has 1 N–H and O–H groups in total. The molecule has 1 aromatic carbocycles. The zero-order valence-electron chi connectivity index (χ0n) is 15.3. The zero-order valence-corrected chi connectivity index (χ0v) is 16.0. The molecule has 0 aliphatic heterocycles. The molecule has 0 aliphatic carbocycles. The maximum Gasteiger partial charge on any atom is 0.216 e. The Morgan fingerprint density at radius 3 is 2.68 bits per heavy atom. The van der Waals surface area contributed by atoms with Crippen LogP contribution in [0.2, 0.25) is 5.02 Å². The number of pyridine rings is 2. The first-order valence-corrected chi connectivity index (χ1v) is 9.37. The standard InChI is InChI=1S/C22H18ClF2N3/c1-13-6-20-16(12-27-22(20)26-11-13)9-15-3-5-19(28-21(15)25)4-2-14-7-17(23)10-18(24)8-14/h3,5-8,10-12H,2,4,9H2,1H3,(H,26,27). The predicted octanol–water partition coefficient (Wildman–Crippen LogP) is 5.57. The second-order valence-electron chi connectivity index (χ2n) is 6.93. The van der Waals surface area contributed by atoms with Crippen LogP contribution in [0.3, 0.4) is 0 Å². The third-order valence-corrected chi connectivity index (χ3v) is 4.93. The Kier molecular flexibility index (Phi) is 5.09. The lowest BCUT2D eigenvalue weighted by molar-refractivity contribution is 0.562. The molecule has 0 aliphatic rings. The summed E-state index contributed by atoms with van der Waals surface area (Å²) in [5.41, 5.74) is 4.74. The van der Waals surface area contributed by atoms with Gasteiger partial charge in [-0.2, -0.15) is 4.39 Å². The summed E-state index contributed by atoms with van der Waals surface area (Å²) in [4.78, 5) is 11.6. The molecular weight excluding hydrogens is 380 g/mol. The van der Waals surface area contributed by atoms with Crippen LogP contribution in [0.4, 0.5) is 8.78 Å². The van der Waals surface area contributed by atoms with Crippen LogP contribution in [0.15, 0.2) is 48.8 Å². The van der Waals surface area contributed by atoms with Crippen molar-refractivity contribution in [2.75, 3.05) is 0 Å². The number of hydrogen-bond donors (Lipinski definition) is 1. The molecule has 0 saturated carbocycles. The average molecular weight is 398 g/mol. The molecule has 0 spiro atoms. The van der Waals surface area contributed by atoms with Crippen molar-refractivity contribution in [1.29, 1.82) is 0 Å². The minimum absolute atomic E-state index is 0.355. The highest BCUT2D eigenvalue weighted by Crippen LogP contribution is 2.22. The van der Waals surface area contributed by atoms with Gasteiger partial charge in [0.25, 0.3) is 0 Å². The summed E-state index contributed by atoms with van der Waals surface area (Å²) >= 11 is 5.87. The number of halogens is 3. The zero-order chi connectivity index (χ0) is 19.7. The molecule has 0 fully saturated rings. The summed E-state index contributed by atoms with van der Waals surface area (Å²) in [5.74, 6) is -0.856. The molecule has 0 bridgehead atoms. The van der Waals surface area contributed by atoms with Gasteiger partial charge in [-0.1, -0.05) is 17.7 Å². The third kappa shape index (κ3) is 4.04. The fraction of sp³-hybridized carbons (Fsp3) is 0.182. The molecule has 0 atom stereocenters. The van der Waals surface area contributed by atoms with E-state index in [0.29, 0.717) is 35.5 Å². The second kappa shape index (κ2) is 7.68. The van der Waals surface area contributed by atoms with Crippen molar-refractivity contribution < 1.29 is 8.78 Å². The maximum absolute atomic E-state index is 14.6. The fourth-order valence-electron chi connectivity index (χ4n) is 3.31. The van der Waals surface area contributed by atoms with E-state index < -0.39 is 5.95 Å². The van der Waals surface area contributed by atoms with E-state index in [9.17, 15) is 8.78 Å². The van der Waals surface area contributed by atoms with Crippen molar-refractivity contribution in [3.63, 3.8) is 0 Å². The summed E-state index contributed by atoms with van der Waals surface area (Å²) < 4.78 is 28.0. The van der Waals surface area contributed by atoms with Crippen LogP contribution in [-0.4, -0.2) is 15.0 Å². The summed E-state index contributed by atoms with van der Waals surface area (Å²) in [5, 5.41) is 1.35. The molecule has 0 radical (unpaired) electrons. The van der Waals surface area contributed by atoms with Gasteiger partial charge < -0.3 is 4.98 Å². The van der Waals surface area contributed by atoms with Gasteiger partial charge >= 0.3 is 0 Å². The molecule has 3 nitrogen and oxygen atoms in total. The van der Waals surface area contributed by atoms with Crippen LogP contribution in [0, 0.1) is 18.7 Å². The minimum atomic E-state index is -0.482. The van der Waals surface area contributed by atoms with E-state index in [0.717, 1.165) is 27.7 Å². The van der Waals surface area contributed by atoms with E-state index >= 15 is 0 Å². The Bertz CT molecular complexity index is 1130. The van der Waals surface area contributed by atoms with Crippen LogP contribution in [0.25, 0.3) is 11.0 Å². The van der Waals surface area contributed by atoms with Crippen LogP contribution in [-0.2, 0) is 19.3 Å². The van der Waals surface area contributed by atoms with E-state index in [2.05, 4.69) is 15.0 Å². The number of H-pyrrole nitrogens is 1. The first-order valence-electron chi connectivity index (χ1n) is 9.00. The number of rotatable bonds is 5. The summed E-state index contributed by atoms with van der Waals surface area (Å²) in [6.07, 6.45) is 5.14. The SMILES string of the molecule is Cc1cnc2[nH]cc(Cc3ccc(CCc4cc(F)cc(Cl)c4)nc3F)c2c1.